The molecule has 2 amide bonds. The molecular formula is C17H21N3O3S. The SMILES string of the molecule is NC(=O)[C@@H]1CCCCC[C@@H]1NC(=O)Cc1csc(-c2ccoc2)n1. The minimum atomic E-state index is -0.321. The molecule has 0 spiro atoms. The van der Waals surface area contributed by atoms with Crippen molar-refractivity contribution in [2.24, 2.45) is 11.7 Å². The number of nitrogens with one attached hydrogen (secondary N) is 1. The van der Waals surface area contributed by atoms with E-state index in [9.17, 15) is 9.59 Å². The number of amides is 2. The molecule has 0 unspecified atom stereocenters. The van der Waals surface area contributed by atoms with Crippen molar-refractivity contribution in [2.45, 2.75) is 44.6 Å². The van der Waals surface area contributed by atoms with Gasteiger partial charge < -0.3 is 15.5 Å². The summed E-state index contributed by atoms with van der Waals surface area (Å²) < 4.78 is 5.05. The Kier molecular flexibility index (Phi) is 5.30. The smallest absolute Gasteiger partial charge is 0.226 e. The second-order valence-corrected chi connectivity index (χ2v) is 7.01. The lowest BCUT2D eigenvalue weighted by Gasteiger charge is -2.23. The van der Waals surface area contributed by atoms with E-state index in [2.05, 4.69) is 10.3 Å². The molecule has 0 aliphatic heterocycles. The minimum Gasteiger partial charge on any atom is -0.472 e. The van der Waals surface area contributed by atoms with Crippen molar-refractivity contribution in [3.63, 3.8) is 0 Å². The van der Waals surface area contributed by atoms with Crippen LogP contribution in [0.4, 0.5) is 0 Å². The fourth-order valence-electron chi connectivity index (χ4n) is 3.15. The van der Waals surface area contributed by atoms with E-state index in [0.717, 1.165) is 48.4 Å². The van der Waals surface area contributed by atoms with E-state index in [1.165, 1.54) is 11.3 Å². The standard InChI is InChI=1S/C17H21N3O3S/c18-16(22)13-4-2-1-3-5-14(13)20-15(21)8-12-10-24-17(19-12)11-6-7-23-9-11/h6-7,9-10,13-14H,1-5,8H2,(H2,18,22)(H,20,21)/t13-,14+/m1/s1. The molecule has 1 aliphatic carbocycles. The zero-order valence-corrected chi connectivity index (χ0v) is 14.2. The van der Waals surface area contributed by atoms with Gasteiger partial charge in [-0.25, -0.2) is 4.98 Å². The third-order valence-electron chi connectivity index (χ3n) is 4.39. The van der Waals surface area contributed by atoms with E-state index in [1.807, 2.05) is 11.4 Å². The van der Waals surface area contributed by atoms with Gasteiger partial charge in [0, 0.05) is 17.0 Å². The number of furan rings is 1. The second kappa shape index (κ2) is 7.61. The van der Waals surface area contributed by atoms with E-state index in [4.69, 9.17) is 10.2 Å². The number of hydrogen-bond acceptors (Lipinski definition) is 5. The molecule has 128 valence electrons. The van der Waals surface area contributed by atoms with Gasteiger partial charge in [0.25, 0.3) is 0 Å². The van der Waals surface area contributed by atoms with Crippen LogP contribution < -0.4 is 11.1 Å². The molecule has 24 heavy (non-hydrogen) atoms. The highest BCUT2D eigenvalue weighted by atomic mass is 32.1. The lowest BCUT2D eigenvalue weighted by molar-refractivity contribution is -0.125. The summed E-state index contributed by atoms with van der Waals surface area (Å²) in [4.78, 5) is 28.4. The highest BCUT2D eigenvalue weighted by Gasteiger charge is 2.29. The van der Waals surface area contributed by atoms with Gasteiger partial charge in [0.05, 0.1) is 24.3 Å². The molecule has 2 heterocycles. The van der Waals surface area contributed by atoms with E-state index in [0.29, 0.717) is 0 Å². The lowest BCUT2D eigenvalue weighted by Crippen LogP contribution is -2.45. The largest absolute Gasteiger partial charge is 0.472 e. The zero-order chi connectivity index (χ0) is 16.9. The van der Waals surface area contributed by atoms with E-state index < -0.39 is 0 Å². The summed E-state index contributed by atoms with van der Waals surface area (Å²) in [7, 11) is 0. The molecule has 0 radical (unpaired) electrons. The van der Waals surface area contributed by atoms with Crippen LogP contribution in [-0.4, -0.2) is 22.8 Å². The quantitative estimate of drug-likeness (QED) is 0.812. The van der Waals surface area contributed by atoms with Gasteiger partial charge >= 0.3 is 0 Å². The van der Waals surface area contributed by atoms with Crippen molar-refractivity contribution in [3.8, 4) is 10.6 Å². The van der Waals surface area contributed by atoms with Crippen molar-refractivity contribution in [3.05, 3.63) is 29.7 Å². The molecular weight excluding hydrogens is 326 g/mol. The van der Waals surface area contributed by atoms with Gasteiger partial charge in [-0.2, -0.15) is 0 Å². The Morgan fingerprint density at radius 2 is 2.17 bits per heavy atom. The first-order valence-corrected chi connectivity index (χ1v) is 9.07. The summed E-state index contributed by atoms with van der Waals surface area (Å²) in [5.41, 5.74) is 7.13. The van der Waals surface area contributed by atoms with Gasteiger partial charge in [0.1, 0.15) is 11.3 Å². The predicted octanol–water partition coefficient (Wildman–Crippen LogP) is 2.50. The number of aromatic nitrogens is 1. The molecule has 2 aromatic heterocycles. The lowest BCUT2D eigenvalue weighted by atomic mass is 9.94. The first-order valence-electron chi connectivity index (χ1n) is 8.19. The summed E-state index contributed by atoms with van der Waals surface area (Å²) >= 11 is 1.48. The van der Waals surface area contributed by atoms with E-state index in [-0.39, 0.29) is 30.2 Å². The molecule has 0 bridgehead atoms. The van der Waals surface area contributed by atoms with Gasteiger partial charge in [-0.1, -0.05) is 19.3 Å². The van der Waals surface area contributed by atoms with Crippen molar-refractivity contribution < 1.29 is 14.0 Å². The summed E-state index contributed by atoms with van der Waals surface area (Å²) in [6.45, 7) is 0. The number of primary amides is 1. The highest BCUT2D eigenvalue weighted by molar-refractivity contribution is 7.13. The first kappa shape index (κ1) is 16.7. The third kappa shape index (κ3) is 4.03. The molecule has 3 N–H and O–H groups in total. The Morgan fingerprint density at radius 1 is 1.33 bits per heavy atom. The van der Waals surface area contributed by atoms with Crippen LogP contribution in [0.2, 0.25) is 0 Å². The molecule has 0 saturated heterocycles. The number of thiazole rings is 1. The van der Waals surface area contributed by atoms with Gasteiger partial charge in [-0.3, -0.25) is 9.59 Å². The second-order valence-electron chi connectivity index (χ2n) is 6.15. The maximum Gasteiger partial charge on any atom is 0.226 e. The molecule has 6 nitrogen and oxygen atoms in total. The first-order chi connectivity index (χ1) is 11.6. The average Bonchev–Trinajstić information content (AvgIpc) is 3.16. The van der Waals surface area contributed by atoms with Crippen LogP contribution >= 0.6 is 11.3 Å². The fourth-order valence-corrected chi connectivity index (χ4v) is 3.96. The monoisotopic (exact) mass is 347 g/mol. The van der Waals surface area contributed by atoms with Gasteiger partial charge in [-0.05, 0) is 18.9 Å². The van der Waals surface area contributed by atoms with Crippen LogP contribution in [0, 0.1) is 5.92 Å². The molecule has 2 aromatic rings. The Hall–Kier alpha value is -2.15. The van der Waals surface area contributed by atoms with Crippen LogP contribution in [0.1, 0.15) is 37.8 Å². The number of carbonyl (C=O) groups is 2. The normalized spacial score (nSPS) is 21.2. The summed E-state index contributed by atoms with van der Waals surface area (Å²) in [5.74, 6) is -0.705. The Balaban J connectivity index is 1.61. The number of rotatable bonds is 5. The van der Waals surface area contributed by atoms with Gasteiger partial charge in [0.15, 0.2) is 0 Å². The van der Waals surface area contributed by atoms with Gasteiger partial charge in [0.2, 0.25) is 11.8 Å². The summed E-state index contributed by atoms with van der Waals surface area (Å²) in [6.07, 6.45) is 8.06. The van der Waals surface area contributed by atoms with Crippen molar-refractivity contribution in [2.75, 3.05) is 0 Å². The average molecular weight is 347 g/mol. The fraction of sp³-hybridized carbons (Fsp3) is 0.471. The maximum absolute atomic E-state index is 12.3. The minimum absolute atomic E-state index is 0.114. The van der Waals surface area contributed by atoms with Crippen LogP contribution in [0.15, 0.2) is 28.4 Å². The molecule has 7 heteroatoms. The van der Waals surface area contributed by atoms with Crippen LogP contribution in [0.3, 0.4) is 0 Å². The third-order valence-corrected chi connectivity index (χ3v) is 5.33. The number of nitrogens with two attached hydrogens (primary N) is 1. The van der Waals surface area contributed by atoms with Gasteiger partial charge in [-0.15, -0.1) is 11.3 Å². The molecule has 1 saturated carbocycles. The number of hydrogen-bond donors (Lipinski definition) is 2. The predicted molar refractivity (Wildman–Crippen MR) is 91.2 cm³/mol. The summed E-state index contributed by atoms with van der Waals surface area (Å²) in [6, 6.07) is 1.68. The maximum atomic E-state index is 12.3. The summed E-state index contributed by atoms with van der Waals surface area (Å²) in [5, 5.41) is 5.69. The number of nitrogens with zero attached hydrogens (tertiary/aromatic N) is 1. The van der Waals surface area contributed by atoms with Crippen LogP contribution in [0.5, 0.6) is 0 Å². The Labute approximate surface area is 144 Å². The Bertz CT molecular complexity index is 696. The molecule has 0 aromatic carbocycles. The molecule has 3 rings (SSSR count). The topological polar surface area (TPSA) is 98.2 Å². The van der Waals surface area contributed by atoms with E-state index >= 15 is 0 Å². The van der Waals surface area contributed by atoms with Crippen LogP contribution in [0.25, 0.3) is 10.6 Å². The van der Waals surface area contributed by atoms with Crippen molar-refractivity contribution in [1.82, 2.24) is 10.3 Å². The van der Waals surface area contributed by atoms with Crippen molar-refractivity contribution in [1.29, 1.82) is 0 Å². The molecule has 1 aliphatic rings. The zero-order valence-electron chi connectivity index (χ0n) is 13.4. The van der Waals surface area contributed by atoms with Crippen molar-refractivity contribution >= 4 is 23.2 Å². The van der Waals surface area contributed by atoms with E-state index in [1.54, 1.807) is 12.5 Å². The molecule has 2 atom stereocenters. The highest BCUT2D eigenvalue weighted by Crippen LogP contribution is 2.25. The molecule has 1 fully saturated rings. The number of carbonyl (C=O) groups excluding carboxylic acids is 2. The Morgan fingerprint density at radius 3 is 2.92 bits per heavy atom. The van der Waals surface area contributed by atoms with Crippen LogP contribution in [-0.2, 0) is 16.0 Å².